The third kappa shape index (κ3) is 4.73. The van der Waals surface area contributed by atoms with Gasteiger partial charge in [-0.2, -0.15) is 0 Å². The second-order valence-electron chi connectivity index (χ2n) is 5.67. The van der Waals surface area contributed by atoms with Gasteiger partial charge in [-0.3, -0.25) is 4.79 Å². The molecule has 3 nitrogen and oxygen atoms in total. The van der Waals surface area contributed by atoms with E-state index in [9.17, 15) is 4.79 Å². The average molecular weight is 356 g/mol. The molecule has 0 aliphatic heterocycles. The summed E-state index contributed by atoms with van der Waals surface area (Å²) in [5, 5.41) is 0. The molecule has 0 bridgehead atoms. The molecule has 1 aromatic rings. The summed E-state index contributed by atoms with van der Waals surface area (Å²) >= 11 is 3.41. The Morgan fingerprint density at radius 2 is 1.90 bits per heavy atom. The Hall–Kier alpha value is -1.03. The molecule has 0 aliphatic rings. The van der Waals surface area contributed by atoms with E-state index in [0.29, 0.717) is 17.2 Å². The predicted octanol–water partition coefficient (Wildman–Crippen LogP) is 4.74. The Balaban J connectivity index is 3.15. The second kappa shape index (κ2) is 8.42. The summed E-state index contributed by atoms with van der Waals surface area (Å²) in [6.45, 7) is 9.31. The Bertz CT molecular complexity index is 470. The van der Waals surface area contributed by atoms with Gasteiger partial charge in [0.15, 0.2) is 0 Å². The van der Waals surface area contributed by atoms with E-state index < -0.39 is 0 Å². The number of benzene rings is 1. The molecule has 0 aliphatic carbocycles. The van der Waals surface area contributed by atoms with Gasteiger partial charge in [0, 0.05) is 17.1 Å². The van der Waals surface area contributed by atoms with Crippen LogP contribution < -0.4 is 4.74 Å². The van der Waals surface area contributed by atoms with Crippen molar-refractivity contribution in [2.45, 2.75) is 46.6 Å². The molecular formula is C17H26BrNO2. The molecule has 0 heterocycles. The lowest BCUT2D eigenvalue weighted by Gasteiger charge is -2.32. The minimum Gasteiger partial charge on any atom is -0.496 e. The molecule has 0 atom stereocenters. The highest BCUT2D eigenvalue weighted by molar-refractivity contribution is 9.10. The Labute approximate surface area is 136 Å². The van der Waals surface area contributed by atoms with E-state index in [1.165, 1.54) is 0 Å². The normalized spacial score (nSPS) is 11.0. The highest BCUT2D eigenvalue weighted by Gasteiger charge is 2.25. The quantitative estimate of drug-likeness (QED) is 0.706. The molecule has 0 radical (unpaired) electrons. The minimum absolute atomic E-state index is 0.0572. The standard InChI is InChI=1S/C17H26BrNO2/c1-6-14(7-2)19(11-12(3)4)17(20)15-9-8-13(18)10-16(15)21-5/h8-10,12,14H,6-7,11H2,1-5H3. The van der Waals surface area contributed by atoms with Crippen molar-refractivity contribution in [3.05, 3.63) is 28.2 Å². The maximum absolute atomic E-state index is 13.0. The Morgan fingerprint density at radius 3 is 2.38 bits per heavy atom. The van der Waals surface area contributed by atoms with E-state index in [0.717, 1.165) is 23.9 Å². The van der Waals surface area contributed by atoms with Crippen LogP contribution in [0.15, 0.2) is 22.7 Å². The first-order valence-electron chi connectivity index (χ1n) is 7.59. The van der Waals surface area contributed by atoms with Crippen molar-refractivity contribution in [2.75, 3.05) is 13.7 Å². The van der Waals surface area contributed by atoms with Crippen LogP contribution in [-0.4, -0.2) is 30.5 Å². The van der Waals surface area contributed by atoms with Crippen molar-refractivity contribution in [1.29, 1.82) is 0 Å². The largest absolute Gasteiger partial charge is 0.496 e. The van der Waals surface area contributed by atoms with Gasteiger partial charge in [0.2, 0.25) is 0 Å². The third-order valence-corrected chi connectivity index (χ3v) is 4.09. The number of hydrogen-bond acceptors (Lipinski definition) is 2. The van der Waals surface area contributed by atoms with Gasteiger partial charge in [-0.15, -0.1) is 0 Å². The number of carbonyl (C=O) groups is 1. The number of methoxy groups -OCH3 is 1. The highest BCUT2D eigenvalue weighted by Crippen LogP contribution is 2.26. The van der Waals surface area contributed by atoms with Crippen LogP contribution >= 0.6 is 15.9 Å². The molecule has 118 valence electrons. The lowest BCUT2D eigenvalue weighted by Crippen LogP contribution is -2.42. The van der Waals surface area contributed by atoms with Crippen LogP contribution in [-0.2, 0) is 0 Å². The van der Waals surface area contributed by atoms with Crippen molar-refractivity contribution in [1.82, 2.24) is 4.90 Å². The van der Waals surface area contributed by atoms with Crippen LogP contribution in [0.1, 0.15) is 50.9 Å². The van der Waals surface area contributed by atoms with Gasteiger partial charge in [-0.05, 0) is 37.0 Å². The van der Waals surface area contributed by atoms with Gasteiger partial charge in [-0.25, -0.2) is 0 Å². The van der Waals surface area contributed by atoms with Crippen LogP contribution in [0, 0.1) is 5.92 Å². The molecule has 1 rings (SSSR count). The predicted molar refractivity (Wildman–Crippen MR) is 90.9 cm³/mol. The fourth-order valence-electron chi connectivity index (χ4n) is 2.52. The molecule has 0 fully saturated rings. The van der Waals surface area contributed by atoms with Crippen LogP contribution in [0.4, 0.5) is 0 Å². The highest BCUT2D eigenvalue weighted by atomic mass is 79.9. The first kappa shape index (κ1) is 18.0. The van der Waals surface area contributed by atoms with Crippen LogP contribution in [0.3, 0.4) is 0 Å². The van der Waals surface area contributed by atoms with Crippen molar-refractivity contribution in [2.24, 2.45) is 5.92 Å². The van der Waals surface area contributed by atoms with E-state index in [4.69, 9.17) is 4.74 Å². The van der Waals surface area contributed by atoms with E-state index in [-0.39, 0.29) is 11.9 Å². The summed E-state index contributed by atoms with van der Waals surface area (Å²) in [4.78, 5) is 15.0. The van der Waals surface area contributed by atoms with Gasteiger partial charge in [0.1, 0.15) is 5.75 Å². The summed E-state index contributed by atoms with van der Waals surface area (Å²) in [5.41, 5.74) is 0.633. The topological polar surface area (TPSA) is 29.5 Å². The number of rotatable bonds is 7. The first-order chi connectivity index (χ1) is 9.94. The summed E-state index contributed by atoms with van der Waals surface area (Å²) in [7, 11) is 1.60. The molecule has 0 spiro atoms. The average Bonchev–Trinajstić information content (AvgIpc) is 2.46. The third-order valence-electron chi connectivity index (χ3n) is 3.60. The lowest BCUT2D eigenvalue weighted by molar-refractivity contribution is 0.0637. The van der Waals surface area contributed by atoms with E-state index in [1.807, 2.05) is 23.1 Å². The zero-order chi connectivity index (χ0) is 16.0. The molecular weight excluding hydrogens is 330 g/mol. The van der Waals surface area contributed by atoms with Gasteiger partial charge >= 0.3 is 0 Å². The van der Waals surface area contributed by atoms with Crippen molar-refractivity contribution in [3.63, 3.8) is 0 Å². The Morgan fingerprint density at radius 1 is 1.29 bits per heavy atom. The molecule has 1 amide bonds. The minimum atomic E-state index is 0.0572. The van der Waals surface area contributed by atoms with Gasteiger partial charge < -0.3 is 9.64 Å². The lowest BCUT2D eigenvalue weighted by atomic mass is 10.0. The fraction of sp³-hybridized carbons (Fsp3) is 0.588. The van der Waals surface area contributed by atoms with Gasteiger partial charge in [-0.1, -0.05) is 43.6 Å². The van der Waals surface area contributed by atoms with Gasteiger partial charge in [0.05, 0.1) is 12.7 Å². The zero-order valence-corrected chi connectivity index (χ0v) is 15.2. The summed E-state index contributed by atoms with van der Waals surface area (Å²) < 4.78 is 6.28. The van der Waals surface area contributed by atoms with Crippen LogP contribution in [0.5, 0.6) is 5.75 Å². The van der Waals surface area contributed by atoms with Crippen LogP contribution in [0.2, 0.25) is 0 Å². The smallest absolute Gasteiger partial charge is 0.257 e. The summed E-state index contributed by atoms with van der Waals surface area (Å²) in [6, 6.07) is 5.83. The second-order valence-corrected chi connectivity index (χ2v) is 6.58. The van der Waals surface area contributed by atoms with E-state index in [1.54, 1.807) is 7.11 Å². The zero-order valence-electron chi connectivity index (χ0n) is 13.6. The van der Waals surface area contributed by atoms with Crippen molar-refractivity contribution >= 4 is 21.8 Å². The number of carbonyl (C=O) groups excluding carboxylic acids is 1. The summed E-state index contributed by atoms with van der Waals surface area (Å²) in [6.07, 6.45) is 1.93. The van der Waals surface area contributed by atoms with E-state index >= 15 is 0 Å². The number of hydrogen-bond donors (Lipinski definition) is 0. The molecule has 0 N–H and O–H groups in total. The number of halogens is 1. The molecule has 0 aromatic heterocycles. The number of nitrogens with zero attached hydrogens (tertiary/aromatic N) is 1. The first-order valence-corrected chi connectivity index (χ1v) is 8.38. The molecule has 4 heteroatoms. The molecule has 0 saturated heterocycles. The molecule has 21 heavy (non-hydrogen) atoms. The Kier molecular flexibility index (Phi) is 7.23. The molecule has 0 saturated carbocycles. The summed E-state index contributed by atoms with van der Waals surface area (Å²) in [5.74, 6) is 1.12. The molecule has 1 aromatic carbocycles. The monoisotopic (exact) mass is 355 g/mol. The maximum Gasteiger partial charge on any atom is 0.257 e. The van der Waals surface area contributed by atoms with Crippen molar-refractivity contribution < 1.29 is 9.53 Å². The number of amides is 1. The fourth-order valence-corrected chi connectivity index (χ4v) is 2.86. The van der Waals surface area contributed by atoms with Crippen LogP contribution in [0.25, 0.3) is 0 Å². The van der Waals surface area contributed by atoms with Crippen molar-refractivity contribution in [3.8, 4) is 5.75 Å². The number of ether oxygens (including phenoxy) is 1. The van der Waals surface area contributed by atoms with Gasteiger partial charge in [0.25, 0.3) is 5.91 Å². The SMILES string of the molecule is CCC(CC)N(CC(C)C)C(=O)c1ccc(Br)cc1OC. The maximum atomic E-state index is 13.0. The molecule has 0 unspecified atom stereocenters. The van der Waals surface area contributed by atoms with E-state index in [2.05, 4.69) is 43.6 Å².